The van der Waals surface area contributed by atoms with Gasteiger partial charge in [-0.1, -0.05) is 56.3 Å². The molecule has 0 bridgehead atoms. The van der Waals surface area contributed by atoms with Crippen LogP contribution in [0.1, 0.15) is 55.7 Å². The highest BCUT2D eigenvalue weighted by Crippen LogP contribution is 2.30. The number of aromatic nitrogens is 1. The highest BCUT2D eigenvalue weighted by atomic mass is 16.2. The molecule has 1 heterocycles. The second kappa shape index (κ2) is 7.59. The highest BCUT2D eigenvalue weighted by Gasteiger charge is 2.32. The van der Waals surface area contributed by atoms with Crippen molar-refractivity contribution in [3.8, 4) is 0 Å². The average molecular weight is 361 g/mol. The predicted octanol–water partition coefficient (Wildman–Crippen LogP) is 5.42. The summed E-state index contributed by atoms with van der Waals surface area (Å²) in [4.78, 5) is 18.4. The van der Waals surface area contributed by atoms with E-state index in [-0.39, 0.29) is 5.91 Å². The quantitative estimate of drug-likeness (QED) is 0.600. The maximum Gasteiger partial charge on any atom is 0.223 e. The predicted molar refractivity (Wildman–Crippen MR) is 111 cm³/mol. The van der Waals surface area contributed by atoms with Crippen LogP contribution in [0.25, 0.3) is 10.9 Å². The molecule has 1 aliphatic carbocycles. The molecule has 140 valence electrons. The van der Waals surface area contributed by atoms with Gasteiger partial charge in [0.2, 0.25) is 5.91 Å². The van der Waals surface area contributed by atoms with E-state index < -0.39 is 0 Å². The lowest BCUT2D eigenvalue weighted by atomic mass is 10.0. The van der Waals surface area contributed by atoms with Crippen LogP contribution in [0.4, 0.5) is 0 Å². The van der Waals surface area contributed by atoms with Crippen LogP contribution in [0, 0.1) is 0 Å². The van der Waals surface area contributed by atoms with E-state index in [0.717, 1.165) is 31.3 Å². The molecular weight excluding hydrogens is 332 g/mol. The van der Waals surface area contributed by atoms with E-state index in [2.05, 4.69) is 66.2 Å². The zero-order valence-corrected chi connectivity index (χ0v) is 16.2. The molecule has 1 fully saturated rings. The van der Waals surface area contributed by atoms with Gasteiger partial charge in [-0.2, -0.15) is 0 Å². The Morgan fingerprint density at radius 2 is 1.85 bits per heavy atom. The molecule has 1 saturated carbocycles. The van der Waals surface area contributed by atoms with Crippen LogP contribution < -0.4 is 0 Å². The molecular formula is C24H28N2O. The van der Waals surface area contributed by atoms with Gasteiger partial charge in [0.1, 0.15) is 0 Å². The number of aryl methyl sites for hydroxylation is 1. The normalized spacial score (nSPS) is 14.0. The molecule has 27 heavy (non-hydrogen) atoms. The molecule has 0 unspecified atom stereocenters. The number of fused-ring (bicyclic) bond motifs is 1. The van der Waals surface area contributed by atoms with Crippen molar-refractivity contribution in [2.45, 2.75) is 58.0 Å². The van der Waals surface area contributed by atoms with Crippen LogP contribution in [-0.2, 0) is 17.8 Å². The summed E-state index contributed by atoms with van der Waals surface area (Å²) in [5.74, 6) is 0.812. The van der Waals surface area contributed by atoms with Crippen LogP contribution in [0.5, 0.6) is 0 Å². The number of hydrogen-bond acceptors (Lipinski definition) is 1. The molecule has 0 atom stereocenters. The standard InChI is InChI=1S/C24H28N2O/c1-17(2)19-9-7-18(8-10-19)16-26(21-12-13-21)24(27)14-11-20-15-25-23-6-4-3-5-22(20)23/h3-10,15,17,21,25H,11-14,16H2,1-2H3. The number of rotatable bonds is 7. The largest absolute Gasteiger partial charge is 0.361 e. The highest BCUT2D eigenvalue weighted by molar-refractivity contribution is 5.84. The second-order valence-corrected chi connectivity index (χ2v) is 8.01. The smallest absolute Gasteiger partial charge is 0.223 e. The van der Waals surface area contributed by atoms with Crippen LogP contribution in [0.2, 0.25) is 0 Å². The molecule has 1 amide bonds. The van der Waals surface area contributed by atoms with Crippen molar-refractivity contribution in [3.05, 3.63) is 71.4 Å². The van der Waals surface area contributed by atoms with Gasteiger partial charge in [0, 0.05) is 36.1 Å². The number of nitrogens with one attached hydrogen (secondary N) is 1. The summed E-state index contributed by atoms with van der Waals surface area (Å²) in [7, 11) is 0. The van der Waals surface area contributed by atoms with Crippen molar-refractivity contribution in [1.29, 1.82) is 0 Å². The molecule has 1 aliphatic rings. The van der Waals surface area contributed by atoms with Crippen molar-refractivity contribution in [1.82, 2.24) is 9.88 Å². The summed E-state index contributed by atoms with van der Waals surface area (Å²) in [6.07, 6.45) is 5.69. The molecule has 1 aromatic heterocycles. The maximum atomic E-state index is 13.0. The summed E-state index contributed by atoms with van der Waals surface area (Å²) in [5.41, 5.74) is 4.95. The van der Waals surface area contributed by atoms with Crippen LogP contribution in [-0.4, -0.2) is 21.8 Å². The number of hydrogen-bond donors (Lipinski definition) is 1. The zero-order chi connectivity index (χ0) is 18.8. The van der Waals surface area contributed by atoms with E-state index >= 15 is 0 Å². The van der Waals surface area contributed by atoms with Crippen LogP contribution >= 0.6 is 0 Å². The van der Waals surface area contributed by atoms with Gasteiger partial charge in [0.05, 0.1) is 0 Å². The van der Waals surface area contributed by atoms with Gasteiger partial charge in [-0.05, 0) is 47.9 Å². The summed E-state index contributed by atoms with van der Waals surface area (Å²) in [5, 5.41) is 1.23. The van der Waals surface area contributed by atoms with Crippen molar-refractivity contribution in [2.24, 2.45) is 0 Å². The number of carbonyl (C=O) groups excluding carboxylic acids is 1. The van der Waals surface area contributed by atoms with Gasteiger partial charge < -0.3 is 9.88 Å². The lowest BCUT2D eigenvalue weighted by Crippen LogP contribution is -2.32. The first-order valence-corrected chi connectivity index (χ1v) is 10.0. The minimum absolute atomic E-state index is 0.274. The van der Waals surface area contributed by atoms with E-state index in [1.807, 2.05) is 12.3 Å². The van der Waals surface area contributed by atoms with Crippen LogP contribution in [0.3, 0.4) is 0 Å². The molecule has 3 heteroatoms. The number of benzene rings is 2. The molecule has 3 nitrogen and oxygen atoms in total. The molecule has 0 saturated heterocycles. The van der Waals surface area contributed by atoms with Crippen molar-refractivity contribution >= 4 is 16.8 Å². The van der Waals surface area contributed by atoms with Crippen molar-refractivity contribution in [3.63, 3.8) is 0 Å². The number of H-pyrrole nitrogens is 1. The number of aromatic amines is 1. The Bertz CT molecular complexity index is 919. The molecule has 1 N–H and O–H groups in total. The van der Waals surface area contributed by atoms with E-state index in [9.17, 15) is 4.79 Å². The minimum atomic E-state index is 0.274. The SMILES string of the molecule is CC(C)c1ccc(CN(C(=O)CCc2c[nH]c3ccccc23)C2CC2)cc1. The zero-order valence-electron chi connectivity index (χ0n) is 16.2. The molecule has 0 radical (unpaired) electrons. The lowest BCUT2D eigenvalue weighted by molar-refractivity contribution is -0.132. The summed E-state index contributed by atoms with van der Waals surface area (Å²) in [6.45, 7) is 5.15. The van der Waals surface area contributed by atoms with Gasteiger partial charge in [-0.3, -0.25) is 4.79 Å². The Balaban J connectivity index is 1.42. The van der Waals surface area contributed by atoms with Gasteiger partial charge >= 0.3 is 0 Å². The van der Waals surface area contributed by atoms with Crippen molar-refractivity contribution < 1.29 is 4.79 Å². The van der Waals surface area contributed by atoms with Gasteiger partial charge in [0.25, 0.3) is 0 Å². The number of nitrogens with zero attached hydrogens (tertiary/aromatic N) is 1. The minimum Gasteiger partial charge on any atom is -0.361 e. The fraction of sp³-hybridized carbons (Fsp3) is 0.375. The van der Waals surface area contributed by atoms with E-state index in [0.29, 0.717) is 18.4 Å². The first-order chi connectivity index (χ1) is 13.1. The Hall–Kier alpha value is -2.55. The molecule has 4 rings (SSSR count). The summed E-state index contributed by atoms with van der Waals surface area (Å²) < 4.78 is 0. The maximum absolute atomic E-state index is 13.0. The lowest BCUT2D eigenvalue weighted by Gasteiger charge is -2.23. The number of carbonyl (C=O) groups is 1. The molecule has 0 spiro atoms. The van der Waals surface area contributed by atoms with Gasteiger partial charge in [-0.15, -0.1) is 0 Å². The van der Waals surface area contributed by atoms with E-state index in [4.69, 9.17) is 0 Å². The third-order valence-electron chi connectivity index (χ3n) is 5.59. The second-order valence-electron chi connectivity index (χ2n) is 8.01. The fourth-order valence-corrected chi connectivity index (χ4v) is 3.74. The third-order valence-corrected chi connectivity index (χ3v) is 5.59. The van der Waals surface area contributed by atoms with E-state index in [1.165, 1.54) is 22.1 Å². The Labute approximate surface area is 161 Å². The first kappa shape index (κ1) is 17.8. The Kier molecular flexibility index (Phi) is 5.02. The van der Waals surface area contributed by atoms with Gasteiger partial charge in [0.15, 0.2) is 0 Å². The van der Waals surface area contributed by atoms with Crippen molar-refractivity contribution in [2.75, 3.05) is 0 Å². The summed E-state index contributed by atoms with van der Waals surface area (Å²) in [6, 6.07) is 17.5. The molecule has 0 aliphatic heterocycles. The molecule has 2 aromatic carbocycles. The topological polar surface area (TPSA) is 36.1 Å². The molecule has 3 aromatic rings. The monoisotopic (exact) mass is 360 g/mol. The summed E-state index contributed by atoms with van der Waals surface area (Å²) >= 11 is 0. The fourth-order valence-electron chi connectivity index (χ4n) is 3.74. The number of amides is 1. The first-order valence-electron chi connectivity index (χ1n) is 10.0. The van der Waals surface area contributed by atoms with Gasteiger partial charge in [-0.25, -0.2) is 0 Å². The average Bonchev–Trinajstić information content (AvgIpc) is 3.44. The third kappa shape index (κ3) is 4.08. The number of para-hydroxylation sites is 1. The van der Waals surface area contributed by atoms with E-state index in [1.54, 1.807) is 0 Å². The Morgan fingerprint density at radius 1 is 1.11 bits per heavy atom. The van der Waals surface area contributed by atoms with Crippen LogP contribution in [0.15, 0.2) is 54.7 Å². The Morgan fingerprint density at radius 3 is 2.56 bits per heavy atom.